The molecule has 0 N–H and O–H groups in total. The fourth-order valence-electron chi connectivity index (χ4n) is 2.08. The monoisotopic (exact) mass is 204 g/mol. The number of hydrogen-bond acceptors (Lipinski definition) is 1. The van der Waals surface area contributed by atoms with Crippen LogP contribution in [0.3, 0.4) is 0 Å². The number of allylic oxidation sites excluding steroid dienone is 4. The van der Waals surface area contributed by atoms with Crippen LogP contribution in [0.2, 0.25) is 0 Å². The van der Waals surface area contributed by atoms with E-state index in [4.69, 9.17) is 0 Å². The molecule has 0 saturated carbocycles. The summed E-state index contributed by atoms with van der Waals surface area (Å²) in [6.07, 6.45) is 5.25. The van der Waals surface area contributed by atoms with E-state index in [-0.39, 0.29) is 5.78 Å². The van der Waals surface area contributed by atoms with Crippen molar-refractivity contribution in [3.8, 4) is 0 Å². The average molecular weight is 204 g/mol. The summed E-state index contributed by atoms with van der Waals surface area (Å²) in [5.41, 5.74) is 3.36. The first-order valence-corrected chi connectivity index (χ1v) is 5.54. The summed E-state index contributed by atoms with van der Waals surface area (Å²) in [6, 6.07) is 0. The predicted molar refractivity (Wildman–Crippen MR) is 64.7 cm³/mol. The SMILES string of the molecule is C=CCC1=C(C)CC[C@@H](C(=C)C)CC1=O. The Balaban J connectivity index is 2.86. The molecular weight excluding hydrogens is 184 g/mol. The van der Waals surface area contributed by atoms with Crippen LogP contribution >= 0.6 is 0 Å². The maximum atomic E-state index is 12.0. The molecule has 82 valence electrons. The molecule has 0 aromatic carbocycles. The van der Waals surface area contributed by atoms with Crippen molar-refractivity contribution in [2.45, 2.75) is 39.5 Å². The molecule has 0 aromatic rings. The first-order valence-electron chi connectivity index (χ1n) is 5.54. The summed E-state index contributed by atoms with van der Waals surface area (Å²) >= 11 is 0. The lowest BCUT2D eigenvalue weighted by Crippen LogP contribution is -2.08. The quantitative estimate of drug-likeness (QED) is 0.639. The van der Waals surface area contributed by atoms with E-state index in [0.29, 0.717) is 18.8 Å². The molecule has 1 atom stereocenters. The molecule has 0 unspecified atom stereocenters. The van der Waals surface area contributed by atoms with Gasteiger partial charge in [-0.3, -0.25) is 4.79 Å². The van der Waals surface area contributed by atoms with Crippen LogP contribution in [0.4, 0.5) is 0 Å². The molecule has 15 heavy (non-hydrogen) atoms. The molecule has 0 bridgehead atoms. The van der Waals surface area contributed by atoms with Crippen LogP contribution in [-0.4, -0.2) is 5.78 Å². The third-order valence-electron chi connectivity index (χ3n) is 3.20. The van der Waals surface area contributed by atoms with Crippen molar-refractivity contribution >= 4 is 5.78 Å². The van der Waals surface area contributed by atoms with Gasteiger partial charge >= 0.3 is 0 Å². The molecule has 1 aliphatic carbocycles. The zero-order chi connectivity index (χ0) is 11.4. The van der Waals surface area contributed by atoms with E-state index in [1.165, 1.54) is 5.57 Å². The van der Waals surface area contributed by atoms with E-state index >= 15 is 0 Å². The highest BCUT2D eigenvalue weighted by molar-refractivity contribution is 5.96. The smallest absolute Gasteiger partial charge is 0.159 e. The zero-order valence-electron chi connectivity index (χ0n) is 9.81. The number of carbonyl (C=O) groups is 1. The Morgan fingerprint density at radius 3 is 2.80 bits per heavy atom. The lowest BCUT2D eigenvalue weighted by molar-refractivity contribution is -0.116. The standard InChI is InChI=1S/C14H20O/c1-5-6-13-11(4)7-8-12(10(2)3)9-14(13)15/h5,12H,1-2,6-9H2,3-4H3/t12-/m1/s1. The Labute approximate surface area is 92.6 Å². The van der Waals surface area contributed by atoms with Gasteiger partial charge in [0.1, 0.15) is 0 Å². The van der Waals surface area contributed by atoms with E-state index in [9.17, 15) is 4.79 Å². The van der Waals surface area contributed by atoms with Crippen molar-refractivity contribution in [2.75, 3.05) is 0 Å². The van der Waals surface area contributed by atoms with E-state index in [1.54, 1.807) is 0 Å². The summed E-state index contributed by atoms with van der Waals surface area (Å²) in [7, 11) is 0. The van der Waals surface area contributed by atoms with Crippen LogP contribution in [0.25, 0.3) is 0 Å². The van der Waals surface area contributed by atoms with E-state index < -0.39 is 0 Å². The summed E-state index contributed by atoms with van der Waals surface area (Å²) in [5.74, 6) is 0.660. The van der Waals surface area contributed by atoms with Gasteiger partial charge in [0, 0.05) is 6.42 Å². The minimum atomic E-state index is 0.290. The maximum Gasteiger partial charge on any atom is 0.159 e. The number of ketones is 1. The number of carbonyl (C=O) groups excluding carboxylic acids is 1. The molecule has 0 amide bonds. The van der Waals surface area contributed by atoms with Crippen molar-refractivity contribution in [2.24, 2.45) is 5.92 Å². The fraction of sp³-hybridized carbons (Fsp3) is 0.500. The molecule has 1 nitrogen and oxygen atoms in total. The lowest BCUT2D eigenvalue weighted by atomic mass is 9.92. The highest BCUT2D eigenvalue weighted by Gasteiger charge is 2.22. The van der Waals surface area contributed by atoms with Crippen molar-refractivity contribution in [1.82, 2.24) is 0 Å². The van der Waals surface area contributed by atoms with Gasteiger partial charge in [-0.25, -0.2) is 0 Å². The third kappa shape index (κ3) is 2.92. The first kappa shape index (κ1) is 12.0. The number of hydrogen-bond donors (Lipinski definition) is 0. The second-order valence-corrected chi connectivity index (χ2v) is 4.46. The van der Waals surface area contributed by atoms with Crippen LogP contribution < -0.4 is 0 Å². The molecule has 0 fully saturated rings. The Hall–Kier alpha value is -1.11. The topological polar surface area (TPSA) is 17.1 Å². The number of Topliss-reactive ketones (excluding diaryl/α,β-unsaturated/α-hetero) is 1. The van der Waals surface area contributed by atoms with Crippen LogP contribution in [0.15, 0.2) is 36.0 Å². The minimum absolute atomic E-state index is 0.290. The first-order chi connectivity index (χ1) is 7.06. The molecule has 0 radical (unpaired) electrons. The second-order valence-electron chi connectivity index (χ2n) is 4.46. The van der Waals surface area contributed by atoms with Gasteiger partial charge in [-0.15, -0.1) is 6.58 Å². The molecule has 0 saturated heterocycles. The summed E-state index contributed by atoms with van der Waals surface area (Å²) in [5, 5.41) is 0. The van der Waals surface area contributed by atoms with E-state index in [1.807, 2.05) is 13.0 Å². The molecular formula is C14H20O. The Kier molecular flexibility index (Phi) is 4.07. The van der Waals surface area contributed by atoms with Crippen LogP contribution in [0.1, 0.15) is 39.5 Å². The molecule has 0 aromatic heterocycles. The maximum absolute atomic E-state index is 12.0. The normalized spacial score (nSPS) is 22.5. The van der Waals surface area contributed by atoms with Gasteiger partial charge in [0.2, 0.25) is 0 Å². The van der Waals surface area contributed by atoms with Gasteiger partial charge in [-0.05, 0) is 44.6 Å². The van der Waals surface area contributed by atoms with Crippen molar-refractivity contribution in [3.63, 3.8) is 0 Å². The molecule has 0 aliphatic heterocycles. The predicted octanol–water partition coefficient (Wildman–Crippen LogP) is 3.82. The fourth-order valence-corrected chi connectivity index (χ4v) is 2.08. The molecule has 1 rings (SSSR count). The van der Waals surface area contributed by atoms with Crippen LogP contribution in [0, 0.1) is 5.92 Å². The Morgan fingerprint density at radius 2 is 2.27 bits per heavy atom. The summed E-state index contributed by atoms with van der Waals surface area (Å²) < 4.78 is 0. The molecule has 0 heterocycles. The van der Waals surface area contributed by atoms with Gasteiger partial charge in [0.25, 0.3) is 0 Å². The Morgan fingerprint density at radius 1 is 1.60 bits per heavy atom. The number of rotatable bonds is 3. The highest BCUT2D eigenvalue weighted by Crippen LogP contribution is 2.30. The largest absolute Gasteiger partial charge is 0.295 e. The third-order valence-corrected chi connectivity index (χ3v) is 3.20. The van der Waals surface area contributed by atoms with E-state index in [2.05, 4.69) is 20.1 Å². The van der Waals surface area contributed by atoms with Crippen molar-refractivity contribution < 1.29 is 4.79 Å². The van der Waals surface area contributed by atoms with Crippen LogP contribution in [0.5, 0.6) is 0 Å². The van der Waals surface area contributed by atoms with Gasteiger partial charge in [0.05, 0.1) is 0 Å². The average Bonchev–Trinajstić information content (AvgIpc) is 2.31. The van der Waals surface area contributed by atoms with Gasteiger partial charge in [-0.1, -0.05) is 23.8 Å². The Bertz CT molecular complexity index is 320. The van der Waals surface area contributed by atoms with Crippen molar-refractivity contribution in [3.05, 3.63) is 36.0 Å². The molecule has 1 heteroatoms. The summed E-state index contributed by atoms with van der Waals surface area (Å²) in [4.78, 5) is 12.0. The molecule has 0 spiro atoms. The van der Waals surface area contributed by atoms with Gasteiger partial charge in [-0.2, -0.15) is 0 Å². The molecule has 1 aliphatic rings. The second kappa shape index (κ2) is 5.11. The zero-order valence-corrected chi connectivity index (χ0v) is 9.81. The van der Waals surface area contributed by atoms with Crippen LogP contribution in [-0.2, 0) is 4.79 Å². The van der Waals surface area contributed by atoms with Gasteiger partial charge in [0.15, 0.2) is 5.78 Å². The summed E-state index contributed by atoms with van der Waals surface area (Å²) in [6.45, 7) is 11.8. The highest BCUT2D eigenvalue weighted by atomic mass is 16.1. The van der Waals surface area contributed by atoms with Crippen molar-refractivity contribution in [1.29, 1.82) is 0 Å². The lowest BCUT2D eigenvalue weighted by Gasteiger charge is -2.12. The van der Waals surface area contributed by atoms with Gasteiger partial charge < -0.3 is 0 Å². The minimum Gasteiger partial charge on any atom is -0.295 e. The van der Waals surface area contributed by atoms with E-state index in [0.717, 1.165) is 24.0 Å².